The summed E-state index contributed by atoms with van der Waals surface area (Å²) in [6.07, 6.45) is 1.50. The first kappa shape index (κ1) is 14.8. The van der Waals surface area contributed by atoms with Gasteiger partial charge in [0.25, 0.3) is 5.91 Å². The van der Waals surface area contributed by atoms with Gasteiger partial charge in [-0.3, -0.25) is 10.2 Å². The summed E-state index contributed by atoms with van der Waals surface area (Å²) in [4.78, 5) is 11.4. The van der Waals surface area contributed by atoms with Crippen molar-refractivity contribution >= 4 is 33.4 Å². The van der Waals surface area contributed by atoms with Crippen molar-refractivity contribution in [1.29, 1.82) is 0 Å². The molecule has 0 saturated heterocycles. The number of amides is 1. The zero-order chi connectivity index (χ0) is 14.7. The van der Waals surface area contributed by atoms with Gasteiger partial charge in [0.2, 0.25) is 0 Å². The highest BCUT2D eigenvalue weighted by Crippen LogP contribution is 2.22. The van der Waals surface area contributed by atoms with Crippen LogP contribution in [0.15, 0.2) is 28.9 Å². The second-order valence-corrected chi connectivity index (χ2v) is 5.34. The van der Waals surface area contributed by atoms with Crippen LogP contribution in [0.25, 0.3) is 0 Å². The van der Waals surface area contributed by atoms with Gasteiger partial charge in [-0.2, -0.15) is 5.10 Å². The maximum atomic E-state index is 11.4. The van der Waals surface area contributed by atoms with Crippen molar-refractivity contribution in [2.24, 2.45) is 5.84 Å². The first-order chi connectivity index (χ1) is 9.51. The van der Waals surface area contributed by atoms with Crippen LogP contribution in [0, 0.1) is 6.92 Å². The molecule has 0 saturated carbocycles. The van der Waals surface area contributed by atoms with Crippen molar-refractivity contribution in [2.45, 2.75) is 13.7 Å². The zero-order valence-corrected chi connectivity index (χ0v) is 12.9. The van der Waals surface area contributed by atoms with Gasteiger partial charge in [-0.05, 0) is 30.7 Å². The Morgan fingerprint density at radius 1 is 1.60 bits per heavy atom. The van der Waals surface area contributed by atoms with Crippen LogP contribution in [-0.4, -0.2) is 15.7 Å². The smallest absolute Gasteiger partial charge is 0.287 e. The molecule has 0 aliphatic heterocycles. The summed E-state index contributed by atoms with van der Waals surface area (Å²) in [7, 11) is 0. The summed E-state index contributed by atoms with van der Waals surface area (Å²) >= 11 is 9.27. The third-order valence-corrected chi connectivity index (χ3v) is 3.32. The van der Waals surface area contributed by atoms with Crippen LogP contribution < -0.4 is 16.0 Å². The number of rotatable bonds is 4. The van der Waals surface area contributed by atoms with E-state index in [1.54, 1.807) is 0 Å². The number of aryl methyl sites for hydroxylation is 1. The van der Waals surface area contributed by atoms with Crippen LogP contribution >= 0.6 is 27.5 Å². The third-order valence-electron chi connectivity index (χ3n) is 2.55. The lowest BCUT2D eigenvalue weighted by Crippen LogP contribution is -2.30. The topological polar surface area (TPSA) is 82.2 Å². The molecule has 1 aromatic heterocycles. The Bertz CT molecular complexity index is 644. The Hall–Kier alpha value is -1.57. The standard InChI is InChI=1S/C12H12BrClN4O2/c1-7-4-8(13)2-3-10(7)20-6-18-5-9(14)11(17-18)12(19)16-15/h2-5H,6,15H2,1H3,(H,16,19). The first-order valence-electron chi connectivity index (χ1n) is 5.64. The molecule has 0 aliphatic carbocycles. The Labute approximate surface area is 128 Å². The average Bonchev–Trinajstić information content (AvgIpc) is 2.78. The third kappa shape index (κ3) is 3.30. The lowest BCUT2D eigenvalue weighted by molar-refractivity contribution is 0.0946. The molecule has 0 spiro atoms. The summed E-state index contributed by atoms with van der Waals surface area (Å²) in [6.45, 7) is 2.07. The Kier molecular flexibility index (Phi) is 4.64. The van der Waals surface area contributed by atoms with Crippen molar-refractivity contribution in [3.63, 3.8) is 0 Å². The van der Waals surface area contributed by atoms with Crippen LogP contribution in [0.1, 0.15) is 16.1 Å². The molecule has 0 fully saturated rings. The molecule has 2 rings (SSSR count). The van der Waals surface area contributed by atoms with Crippen LogP contribution in [0.5, 0.6) is 5.75 Å². The van der Waals surface area contributed by atoms with E-state index in [0.717, 1.165) is 15.8 Å². The minimum atomic E-state index is -0.548. The Morgan fingerprint density at radius 2 is 2.35 bits per heavy atom. The predicted octanol–water partition coefficient (Wildman–Crippen LogP) is 2.25. The second-order valence-electron chi connectivity index (χ2n) is 4.02. The number of nitrogen functional groups attached to an aromatic ring is 1. The number of hydrazine groups is 1. The number of carbonyl (C=O) groups is 1. The van der Waals surface area contributed by atoms with E-state index in [2.05, 4.69) is 21.0 Å². The molecule has 1 amide bonds. The number of hydrogen-bond acceptors (Lipinski definition) is 4. The monoisotopic (exact) mass is 358 g/mol. The number of aromatic nitrogens is 2. The molecule has 0 radical (unpaired) electrons. The van der Waals surface area contributed by atoms with Gasteiger partial charge in [-0.15, -0.1) is 0 Å². The molecule has 1 aromatic carbocycles. The molecule has 2 aromatic rings. The van der Waals surface area contributed by atoms with Crippen molar-refractivity contribution < 1.29 is 9.53 Å². The van der Waals surface area contributed by atoms with Gasteiger partial charge in [0.05, 0.1) is 5.02 Å². The zero-order valence-electron chi connectivity index (χ0n) is 10.6. The number of benzene rings is 1. The van der Waals surface area contributed by atoms with E-state index in [0.29, 0.717) is 0 Å². The molecular formula is C12H12BrClN4O2. The van der Waals surface area contributed by atoms with Crippen LogP contribution in [0.3, 0.4) is 0 Å². The van der Waals surface area contributed by atoms with E-state index in [9.17, 15) is 4.79 Å². The van der Waals surface area contributed by atoms with Crippen LogP contribution in [-0.2, 0) is 6.73 Å². The average molecular weight is 360 g/mol. The van der Waals surface area contributed by atoms with Crippen LogP contribution in [0.4, 0.5) is 0 Å². The predicted molar refractivity (Wildman–Crippen MR) is 78.4 cm³/mol. The molecule has 0 bridgehead atoms. The van der Waals surface area contributed by atoms with Crippen molar-refractivity contribution in [3.05, 3.63) is 45.1 Å². The van der Waals surface area contributed by atoms with E-state index in [-0.39, 0.29) is 17.4 Å². The maximum Gasteiger partial charge on any atom is 0.287 e. The number of nitrogens with two attached hydrogens (primary N) is 1. The molecule has 0 atom stereocenters. The number of nitrogens with zero attached hydrogens (tertiary/aromatic N) is 2. The number of carbonyl (C=O) groups excluding carboxylic acids is 1. The normalized spacial score (nSPS) is 10.4. The van der Waals surface area contributed by atoms with Crippen molar-refractivity contribution in [2.75, 3.05) is 0 Å². The SMILES string of the molecule is Cc1cc(Br)ccc1OCn1cc(Cl)c(C(=O)NN)n1. The molecule has 3 N–H and O–H groups in total. The summed E-state index contributed by atoms with van der Waals surface area (Å²) in [5, 5.41) is 4.21. The summed E-state index contributed by atoms with van der Waals surface area (Å²) in [6, 6.07) is 5.67. The van der Waals surface area contributed by atoms with E-state index in [4.69, 9.17) is 22.2 Å². The minimum absolute atomic E-state index is 0.0605. The molecular weight excluding hydrogens is 348 g/mol. The number of halogens is 2. The largest absolute Gasteiger partial charge is 0.471 e. The molecule has 6 nitrogen and oxygen atoms in total. The van der Waals surface area contributed by atoms with Gasteiger partial charge >= 0.3 is 0 Å². The molecule has 0 aliphatic rings. The van der Waals surface area contributed by atoms with Crippen molar-refractivity contribution in [1.82, 2.24) is 15.2 Å². The highest BCUT2D eigenvalue weighted by Gasteiger charge is 2.14. The molecule has 20 heavy (non-hydrogen) atoms. The second kappa shape index (κ2) is 6.25. The van der Waals surface area contributed by atoms with Gasteiger partial charge in [0.1, 0.15) is 5.75 Å². The van der Waals surface area contributed by atoms with Gasteiger partial charge in [-0.25, -0.2) is 10.5 Å². The number of ether oxygens (including phenoxy) is 1. The van der Waals surface area contributed by atoms with E-state index >= 15 is 0 Å². The molecule has 8 heteroatoms. The van der Waals surface area contributed by atoms with Crippen LogP contribution in [0.2, 0.25) is 5.02 Å². The molecule has 0 unspecified atom stereocenters. The van der Waals surface area contributed by atoms with Gasteiger partial charge in [0, 0.05) is 10.7 Å². The molecule has 106 valence electrons. The Morgan fingerprint density at radius 3 is 3.00 bits per heavy atom. The quantitative estimate of drug-likeness (QED) is 0.498. The fourth-order valence-electron chi connectivity index (χ4n) is 1.60. The Balaban J connectivity index is 2.09. The number of nitrogens with one attached hydrogen (secondary N) is 1. The first-order valence-corrected chi connectivity index (χ1v) is 6.81. The van der Waals surface area contributed by atoms with Gasteiger partial charge in [-0.1, -0.05) is 27.5 Å². The highest BCUT2D eigenvalue weighted by molar-refractivity contribution is 9.10. The summed E-state index contributed by atoms with van der Waals surface area (Å²) in [5.41, 5.74) is 3.02. The highest BCUT2D eigenvalue weighted by atomic mass is 79.9. The summed E-state index contributed by atoms with van der Waals surface area (Å²) < 4.78 is 8.02. The maximum absolute atomic E-state index is 11.4. The summed E-state index contributed by atoms with van der Waals surface area (Å²) in [5.74, 6) is 5.22. The van der Waals surface area contributed by atoms with Gasteiger partial charge in [0.15, 0.2) is 12.4 Å². The molecule has 1 heterocycles. The minimum Gasteiger partial charge on any atom is -0.471 e. The lowest BCUT2D eigenvalue weighted by atomic mass is 10.2. The number of hydrogen-bond donors (Lipinski definition) is 2. The lowest BCUT2D eigenvalue weighted by Gasteiger charge is -2.09. The van der Waals surface area contributed by atoms with E-state index in [1.165, 1.54) is 10.9 Å². The van der Waals surface area contributed by atoms with Crippen molar-refractivity contribution in [3.8, 4) is 5.75 Å². The van der Waals surface area contributed by atoms with Gasteiger partial charge < -0.3 is 4.74 Å². The van der Waals surface area contributed by atoms with E-state index in [1.807, 2.05) is 30.5 Å². The fraction of sp³-hybridized carbons (Fsp3) is 0.167. The fourth-order valence-corrected chi connectivity index (χ4v) is 2.31. The van der Waals surface area contributed by atoms with E-state index < -0.39 is 5.91 Å².